The van der Waals surface area contributed by atoms with Crippen LogP contribution in [0.1, 0.15) is 19.8 Å². The van der Waals surface area contributed by atoms with Crippen LogP contribution in [0.25, 0.3) is 0 Å². The van der Waals surface area contributed by atoms with Crippen LogP contribution in [0.3, 0.4) is 0 Å². The molecule has 0 atom stereocenters. The largest absolute Gasteiger partial charge is 0.357 e. The molecule has 6 nitrogen and oxygen atoms in total. The summed E-state index contributed by atoms with van der Waals surface area (Å²) in [6.07, 6.45) is 4.81. The van der Waals surface area contributed by atoms with E-state index in [1.807, 2.05) is 6.92 Å². The minimum atomic E-state index is -3.04. The normalized spacial score (nSPS) is 17.9. The van der Waals surface area contributed by atoms with Crippen LogP contribution in [0, 0.1) is 5.92 Å². The highest BCUT2D eigenvalue weighted by Crippen LogP contribution is 2.19. The summed E-state index contributed by atoms with van der Waals surface area (Å²) in [5.41, 5.74) is 0. The molecule has 1 aliphatic heterocycles. The molecule has 21 heavy (non-hydrogen) atoms. The second kappa shape index (κ2) is 10.4. The van der Waals surface area contributed by atoms with Crippen molar-refractivity contribution in [1.29, 1.82) is 0 Å². The second-order valence-electron chi connectivity index (χ2n) is 4.99. The fourth-order valence-corrected chi connectivity index (χ4v) is 3.03. The Kier molecular flexibility index (Phi) is 10.2. The van der Waals surface area contributed by atoms with E-state index in [0.29, 0.717) is 25.6 Å². The van der Waals surface area contributed by atoms with E-state index in [1.165, 1.54) is 6.26 Å². The molecular formula is C13H27IN4O2S. The summed E-state index contributed by atoms with van der Waals surface area (Å²) in [5, 5.41) is 6.33. The van der Waals surface area contributed by atoms with Crippen molar-refractivity contribution < 1.29 is 8.42 Å². The van der Waals surface area contributed by atoms with Crippen molar-refractivity contribution in [2.75, 3.05) is 39.0 Å². The number of piperidine rings is 1. The summed E-state index contributed by atoms with van der Waals surface area (Å²) < 4.78 is 24.4. The highest BCUT2D eigenvalue weighted by Gasteiger charge is 2.24. The third-order valence-corrected chi connectivity index (χ3v) is 4.61. The zero-order chi connectivity index (χ0) is 15.0. The Morgan fingerprint density at radius 3 is 2.48 bits per heavy atom. The molecule has 0 amide bonds. The molecule has 0 aliphatic carbocycles. The highest BCUT2D eigenvalue weighted by molar-refractivity contribution is 14.0. The van der Waals surface area contributed by atoms with Gasteiger partial charge in [-0.2, -0.15) is 0 Å². The SMILES string of the molecule is C=CCNC(=NCC1CCN(S(C)(=O)=O)CC1)NCC.I. The third kappa shape index (κ3) is 8.01. The molecule has 8 heteroatoms. The fraction of sp³-hybridized carbons (Fsp3) is 0.769. The lowest BCUT2D eigenvalue weighted by Gasteiger charge is -2.29. The van der Waals surface area contributed by atoms with Gasteiger partial charge >= 0.3 is 0 Å². The third-order valence-electron chi connectivity index (χ3n) is 3.31. The Morgan fingerprint density at radius 2 is 2.00 bits per heavy atom. The van der Waals surface area contributed by atoms with Gasteiger partial charge in [0.1, 0.15) is 0 Å². The van der Waals surface area contributed by atoms with E-state index >= 15 is 0 Å². The maximum Gasteiger partial charge on any atom is 0.211 e. The van der Waals surface area contributed by atoms with Crippen LogP contribution in [-0.4, -0.2) is 57.7 Å². The standard InChI is InChI=1S/C13H26N4O2S.HI/c1-4-8-15-13(14-5-2)16-11-12-6-9-17(10-7-12)20(3,18)19;/h4,12H,1,5-11H2,2-3H3,(H2,14,15,16);1H. The smallest absolute Gasteiger partial charge is 0.211 e. The van der Waals surface area contributed by atoms with E-state index in [-0.39, 0.29) is 24.0 Å². The maximum absolute atomic E-state index is 11.4. The summed E-state index contributed by atoms with van der Waals surface area (Å²) in [7, 11) is -3.04. The first-order valence-electron chi connectivity index (χ1n) is 7.05. The van der Waals surface area contributed by atoms with E-state index < -0.39 is 10.0 Å². The number of hydrogen-bond donors (Lipinski definition) is 2. The lowest BCUT2D eigenvalue weighted by molar-refractivity contribution is 0.280. The first-order valence-corrected chi connectivity index (χ1v) is 8.90. The van der Waals surface area contributed by atoms with Gasteiger partial charge in [0.25, 0.3) is 0 Å². The molecule has 1 aliphatic rings. The quantitative estimate of drug-likeness (QED) is 0.286. The Morgan fingerprint density at radius 1 is 1.38 bits per heavy atom. The summed E-state index contributed by atoms with van der Waals surface area (Å²) >= 11 is 0. The number of halogens is 1. The van der Waals surface area contributed by atoms with Crippen molar-refractivity contribution in [2.24, 2.45) is 10.9 Å². The molecule has 1 fully saturated rings. The van der Waals surface area contributed by atoms with Crippen molar-refractivity contribution in [3.8, 4) is 0 Å². The first-order chi connectivity index (χ1) is 9.47. The fourth-order valence-electron chi connectivity index (χ4n) is 2.15. The van der Waals surface area contributed by atoms with Crippen LogP contribution >= 0.6 is 24.0 Å². The number of rotatable bonds is 6. The number of hydrogen-bond acceptors (Lipinski definition) is 3. The molecule has 0 radical (unpaired) electrons. The van der Waals surface area contributed by atoms with Gasteiger partial charge in [-0.1, -0.05) is 6.08 Å². The zero-order valence-corrected chi connectivity index (χ0v) is 16.0. The summed E-state index contributed by atoms with van der Waals surface area (Å²) in [6, 6.07) is 0. The van der Waals surface area contributed by atoms with E-state index in [4.69, 9.17) is 0 Å². The second-order valence-corrected chi connectivity index (χ2v) is 6.98. The number of nitrogens with one attached hydrogen (secondary N) is 2. The average molecular weight is 430 g/mol. The van der Waals surface area contributed by atoms with Crippen molar-refractivity contribution in [2.45, 2.75) is 19.8 Å². The molecule has 2 N–H and O–H groups in total. The highest BCUT2D eigenvalue weighted by atomic mass is 127. The van der Waals surface area contributed by atoms with Gasteiger partial charge in [-0.25, -0.2) is 12.7 Å². The summed E-state index contributed by atoms with van der Waals surface area (Å²) in [5.74, 6) is 1.24. The topological polar surface area (TPSA) is 73.8 Å². The first kappa shape index (κ1) is 20.6. The van der Waals surface area contributed by atoms with Crippen LogP contribution in [0.5, 0.6) is 0 Å². The van der Waals surface area contributed by atoms with Gasteiger partial charge in [-0.05, 0) is 25.7 Å². The number of nitrogens with zero attached hydrogens (tertiary/aromatic N) is 2. The zero-order valence-electron chi connectivity index (χ0n) is 12.8. The molecule has 1 rings (SSSR count). The van der Waals surface area contributed by atoms with E-state index in [2.05, 4.69) is 22.2 Å². The van der Waals surface area contributed by atoms with Gasteiger partial charge in [0.05, 0.1) is 6.26 Å². The van der Waals surface area contributed by atoms with Crippen molar-refractivity contribution in [3.05, 3.63) is 12.7 Å². The lowest BCUT2D eigenvalue weighted by Crippen LogP contribution is -2.40. The number of sulfonamides is 1. The molecule has 0 aromatic rings. The van der Waals surface area contributed by atoms with Gasteiger partial charge < -0.3 is 10.6 Å². The Balaban J connectivity index is 0.00000400. The van der Waals surface area contributed by atoms with Crippen LogP contribution < -0.4 is 10.6 Å². The predicted octanol–water partition coefficient (Wildman–Crippen LogP) is 1.02. The molecule has 1 saturated heterocycles. The monoisotopic (exact) mass is 430 g/mol. The van der Waals surface area contributed by atoms with Gasteiger partial charge in [0, 0.05) is 32.7 Å². The van der Waals surface area contributed by atoms with Gasteiger partial charge in [-0.3, -0.25) is 4.99 Å². The Bertz CT molecular complexity index is 431. The molecule has 0 saturated carbocycles. The van der Waals surface area contributed by atoms with Gasteiger partial charge in [0.2, 0.25) is 10.0 Å². The van der Waals surface area contributed by atoms with Crippen molar-refractivity contribution in [3.63, 3.8) is 0 Å². The number of aliphatic imine (C=N–C) groups is 1. The summed E-state index contributed by atoms with van der Waals surface area (Å²) in [4.78, 5) is 4.54. The van der Waals surface area contributed by atoms with Crippen LogP contribution in [0.15, 0.2) is 17.6 Å². The Hall–Kier alpha value is -0.350. The molecule has 124 valence electrons. The average Bonchev–Trinajstić information content (AvgIpc) is 2.41. The molecule has 0 aromatic heterocycles. The summed E-state index contributed by atoms with van der Waals surface area (Å²) in [6.45, 7) is 9.12. The molecule has 1 heterocycles. The van der Waals surface area contributed by atoms with Crippen LogP contribution in [-0.2, 0) is 10.0 Å². The van der Waals surface area contributed by atoms with E-state index in [1.54, 1.807) is 10.4 Å². The minimum absolute atomic E-state index is 0. The van der Waals surface area contributed by atoms with Crippen molar-refractivity contribution >= 4 is 40.0 Å². The van der Waals surface area contributed by atoms with Crippen LogP contribution in [0.2, 0.25) is 0 Å². The minimum Gasteiger partial charge on any atom is -0.357 e. The predicted molar refractivity (Wildman–Crippen MR) is 98.7 cm³/mol. The molecule has 0 spiro atoms. The van der Waals surface area contributed by atoms with Crippen LogP contribution in [0.4, 0.5) is 0 Å². The van der Waals surface area contributed by atoms with Gasteiger partial charge in [-0.15, -0.1) is 30.6 Å². The molecule has 0 aromatic carbocycles. The van der Waals surface area contributed by atoms with E-state index in [9.17, 15) is 8.42 Å². The maximum atomic E-state index is 11.4. The van der Waals surface area contributed by atoms with Crippen molar-refractivity contribution in [1.82, 2.24) is 14.9 Å². The molecule has 0 bridgehead atoms. The molecule has 0 unspecified atom stereocenters. The number of guanidine groups is 1. The van der Waals surface area contributed by atoms with Gasteiger partial charge in [0.15, 0.2) is 5.96 Å². The van der Waals surface area contributed by atoms with E-state index in [0.717, 1.165) is 31.9 Å². The Labute approximate surface area is 145 Å². The lowest BCUT2D eigenvalue weighted by atomic mass is 9.98. The molecular weight excluding hydrogens is 403 g/mol.